The van der Waals surface area contributed by atoms with Crippen molar-refractivity contribution >= 4 is 5.91 Å². The molecule has 0 bridgehead atoms. The van der Waals surface area contributed by atoms with Gasteiger partial charge in [0, 0.05) is 69.4 Å². The van der Waals surface area contributed by atoms with Crippen molar-refractivity contribution in [3.05, 3.63) is 51.3 Å². The number of rotatable bonds is 5. The highest BCUT2D eigenvalue weighted by Gasteiger charge is 2.30. The number of hydrogen-bond donors (Lipinski definition) is 0. The molecule has 5 rings (SSSR count). The monoisotopic (exact) mass is 412 g/mol. The van der Waals surface area contributed by atoms with Gasteiger partial charge in [0.05, 0.1) is 13.2 Å². The topological polar surface area (TPSA) is 80.8 Å². The zero-order valence-electron chi connectivity index (χ0n) is 17.2. The number of carbonyl (C=O) groups is 1. The Morgan fingerprint density at radius 2 is 1.87 bits per heavy atom. The first-order chi connectivity index (χ1) is 14.7. The maximum Gasteiger partial charge on any atom is 0.276 e. The molecule has 0 atom stereocenters. The van der Waals surface area contributed by atoms with E-state index in [1.54, 1.807) is 12.1 Å². The molecule has 0 N–H and O–H groups in total. The average Bonchev–Trinajstić information content (AvgIpc) is 3.54. The summed E-state index contributed by atoms with van der Waals surface area (Å²) in [5, 5.41) is 4.01. The second-order valence-corrected chi connectivity index (χ2v) is 8.43. The van der Waals surface area contributed by atoms with Crippen LogP contribution in [0.1, 0.15) is 46.3 Å². The first kappa shape index (κ1) is 19.5. The fourth-order valence-corrected chi connectivity index (χ4v) is 4.42. The summed E-state index contributed by atoms with van der Waals surface area (Å²) in [4.78, 5) is 29.7. The Labute approximate surface area is 175 Å². The van der Waals surface area contributed by atoms with Crippen LogP contribution in [-0.4, -0.2) is 71.4 Å². The molecule has 0 radical (unpaired) electrons. The number of amides is 1. The van der Waals surface area contributed by atoms with E-state index in [0.29, 0.717) is 37.7 Å². The maximum atomic E-state index is 13.0. The highest BCUT2D eigenvalue weighted by Crippen LogP contribution is 2.40. The molecule has 1 saturated carbocycles. The molecule has 0 aromatic carbocycles. The van der Waals surface area contributed by atoms with Gasteiger partial charge in [0.15, 0.2) is 5.69 Å². The molecule has 0 spiro atoms. The Kier molecular flexibility index (Phi) is 5.43. The van der Waals surface area contributed by atoms with Crippen LogP contribution in [0.2, 0.25) is 0 Å². The fourth-order valence-electron chi connectivity index (χ4n) is 4.42. The third kappa shape index (κ3) is 4.06. The predicted molar refractivity (Wildman–Crippen MR) is 110 cm³/mol. The molecule has 1 aliphatic carbocycles. The van der Waals surface area contributed by atoms with Crippen LogP contribution in [0.5, 0.6) is 0 Å². The van der Waals surface area contributed by atoms with Crippen LogP contribution in [0.15, 0.2) is 27.5 Å². The van der Waals surface area contributed by atoms with Crippen LogP contribution in [0.25, 0.3) is 0 Å². The van der Waals surface area contributed by atoms with Gasteiger partial charge in [-0.05, 0) is 24.8 Å². The summed E-state index contributed by atoms with van der Waals surface area (Å²) < 4.78 is 12.7. The Bertz CT molecular complexity index is 972. The van der Waals surface area contributed by atoms with Gasteiger partial charge in [-0.25, -0.2) is 0 Å². The normalized spacial score (nSPS) is 20.1. The van der Waals surface area contributed by atoms with E-state index in [1.165, 1.54) is 0 Å². The maximum absolute atomic E-state index is 13.0. The molecule has 0 unspecified atom stereocenters. The Hall–Kier alpha value is -2.45. The molecular formula is C22H28N4O4. The first-order valence-electron chi connectivity index (χ1n) is 11.0. The van der Waals surface area contributed by atoms with Gasteiger partial charge in [0.1, 0.15) is 5.76 Å². The molecule has 2 fully saturated rings. The van der Waals surface area contributed by atoms with Crippen molar-refractivity contribution < 1.29 is 14.1 Å². The van der Waals surface area contributed by atoms with Crippen LogP contribution in [0, 0.1) is 0 Å². The van der Waals surface area contributed by atoms with Crippen LogP contribution >= 0.6 is 0 Å². The number of nitrogens with zero attached hydrogens (tertiary/aromatic N) is 4. The number of aromatic nitrogens is 2. The third-order valence-corrected chi connectivity index (χ3v) is 6.42. The van der Waals surface area contributed by atoms with Crippen LogP contribution in [0.3, 0.4) is 0 Å². The summed E-state index contributed by atoms with van der Waals surface area (Å²) in [6.45, 7) is 6.04. The number of ether oxygens (including phenoxy) is 1. The molecule has 8 heteroatoms. The van der Waals surface area contributed by atoms with E-state index < -0.39 is 0 Å². The smallest absolute Gasteiger partial charge is 0.276 e. The minimum atomic E-state index is -0.0827. The lowest BCUT2D eigenvalue weighted by Crippen LogP contribution is -2.40. The molecule has 4 heterocycles. The SMILES string of the molecule is O=C(c1cc(C2CC2)on1)N1CCc2ccc(=O)n(CCN3CCOCC3)c2CC1. The number of hydrogen-bond acceptors (Lipinski definition) is 6. The number of morpholine rings is 1. The minimum absolute atomic E-state index is 0.0346. The van der Waals surface area contributed by atoms with Crippen LogP contribution in [0.4, 0.5) is 0 Å². The quantitative estimate of drug-likeness (QED) is 0.736. The Morgan fingerprint density at radius 1 is 1.07 bits per heavy atom. The number of pyridine rings is 1. The average molecular weight is 412 g/mol. The van der Waals surface area contributed by atoms with Gasteiger partial charge in [0.25, 0.3) is 11.5 Å². The van der Waals surface area contributed by atoms with E-state index in [-0.39, 0.29) is 11.5 Å². The summed E-state index contributed by atoms with van der Waals surface area (Å²) in [6.07, 6.45) is 3.65. The molecule has 8 nitrogen and oxygen atoms in total. The lowest BCUT2D eigenvalue weighted by atomic mass is 10.1. The van der Waals surface area contributed by atoms with Crippen molar-refractivity contribution in [2.24, 2.45) is 0 Å². The zero-order valence-corrected chi connectivity index (χ0v) is 17.2. The van der Waals surface area contributed by atoms with Crippen LogP contribution in [-0.2, 0) is 24.1 Å². The Morgan fingerprint density at radius 3 is 2.67 bits per heavy atom. The summed E-state index contributed by atoms with van der Waals surface area (Å²) in [5.74, 6) is 1.18. The van der Waals surface area contributed by atoms with E-state index >= 15 is 0 Å². The number of fused-ring (bicyclic) bond motifs is 1. The van der Waals surface area contributed by atoms with E-state index in [2.05, 4.69) is 10.1 Å². The van der Waals surface area contributed by atoms with Gasteiger partial charge in [-0.2, -0.15) is 0 Å². The molecule has 1 saturated heterocycles. The van der Waals surface area contributed by atoms with E-state index in [4.69, 9.17) is 9.26 Å². The molecule has 3 aliphatic rings. The van der Waals surface area contributed by atoms with Gasteiger partial charge in [-0.15, -0.1) is 0 Å². The lowest BCUT2D eigenvalue weighted by molar-refractivity contribution is 0.0362. The minimum Gasteiger partial charge on any atom is -0.379 e. The largest absolute Gasteiger partial charge is 0.379 e. The summed E-state index contributed by atoms with van der Waals surface area (Å²) in [6, 6.07) is 5.39. The third-order valence-electron chi connectivity index (χ3n) is 6.42. The summed E-state index contributed by atoms with van der Waals surface area (Å²) >= 11 is 0. The molecule has 2 aliphatic heterocycles. The molecule has 1 amide bonds. The zero-order chi connectivity index (χ0) is 20.5. The van der Waals surface area contributed by atoms with Crippen molar-refractivity contribution in [2.45, 2.75) is 38.1 Å². The molecule has 160 valence electrons. The van der Waals surface area contributed by atoms with Gasteiger partial charge >= 0.3 is 0 Å². The fraction of sp³-hybridized carbons (Fsp3) is 0.591. The van der Waals surface area contributed by atoms with Crippen molar-refractivity contribution in [3.8, 4) is 0 Å². The van der Waals surface area contributed by atoms with Gasteiger partial charge < -0.3 is 18.7 Å². The molecule has 2 aromatic rings. The standard InChI is InChI=1S/C22H28N4O4/c27-21-4-3-16-5-7-25(22(28)18-15-20(30-23-18)17-1-2-17)8-6-19(16)26(21)10-9-24-11-13-29-14-12-24/h3-4,15,17H,1-2,5-14H2. The number of carbonyl (C=O) groups excluding carboxylic acids is 1. The lowest BCUT2D eigenvalue weighted by Gasteiger charge is -2.27. The van der Waals surface area contributed by atoms with E-state index in [1.807, 2.05) is 15.5 Å². The molecule has 30 heavy (non-hydrogen) atoms. The highest BCUT2D eigenvalue weighted by atomic mass is 16.5. The van der Waals surface area contributed by atoms with Gasteiger partial charge in [0.2, 0.25) is 0 Å². The van der Waals surface area contributed by atoms with Crippen molar-refractivity contribution in [1.82, 2.24) is 19.5 Å². The van der Waals surface area contributed by atoms with E-state index in [0.717, 1.165) is 69.1 Å². The Balaban J connectivity index is 1.29. The van der Waals surface area contributed by atoms with Crippen LogP contribution < -0.4 is 5.56 Å². The van der Waals surface area contributed by atoms with Gasteiger partial charge in [-0.3, -0.25) is 14.5 Å². The second-order valence-electron chi connectivity index (χ2n) is 8.43. The van der Waals surface area contributed by atoms with Crippen molar-refractivity contribution in [3.63, 3.8) is 0 Å². The van der Waals surface area contributed by atoms with Crippen molar-refractivity contribution in [2.75, 3.05) is 45.9 Å². The summed E-state index contributed by atoms with van der Waals surface area (Å²) in [7, 11) is 0. The van der Waals surface area contributed by atoms with Crippen molar-refractivity contribution in [1.29, 1.82) is 0 Å². The summed E-state index contributed by atoms with van der Waals surface area (Å²) in [5.41, 5.74) is 2.65. The molecular weight excluding hydrogens is 384 g/mol. The second kappa shape index (κ2) is 8.35. The highest BCUT2D eigenvalue weighted by molar-refractivity contribution is 5.92. The first-order valence-corrected chi connectivity index (χ1v) is 11.0. The van der Waals surface area contributed by atoms with E-state index in [9.17, 15) is 9.59 Å². The van der Waals surface area contributed by atoms with Gasteiger partial charge in [-0.1, -0.05) is 11.2 Å². The predicted octanol–water partition coefficient (Wildman–Crippen LogP) is 1.29. The molecule has 2 aromatic heterocycles.